The quantitative estimate of drug-likeness (QED) is 0.478. The molecule has 0 amide bonds. The normalized spacial score (nSPS) is 6.83. The Morgan fingerprint density at radius 3 is 2.00 bits per heavy atom. The summed E-state index contributed by atoms with van der Waals surface area (Å²) in [7, 11) is 1.60. The second-order valence-corrected chi connectivity index (χ2v) is 2.04. The van der Waals surface area contributed by atoms with Crippen LogP contribution in [0.15, 0.2) is 24.3 Å². The second-order valence-electron chi connectivity index (χ2n) is 1.63. The maximum atomic E-state index is 5.70. The predicted molar refractivity (Wildman–Crippen MR) is 43.8 cm³/mol. The van der Waals surface area contributed by atoms with Gasteiger partial charge in [-0.1, -0.05) is 23.7 Å². The number of hydrogen-bond acceptors (Lipinski definition) is 1. The van der Waals surface area contributed by atoms with Crippen molar-refractivity contribution in [2.24, 2.45) is 0 Å². The van der Waals surface area contributed by atoms with Crippen molar-refractivity contribution in [3.63, 3.8) is 0 Å². The number of hydrogen-bond donors (Lipinski definition) is 0. The monoisotopic (exact) mass is 324 g/mol. The molecule has 0 bridgehead atoms. The van der Waals surface area contributed by atoms with Crippen LogP contribution >= 0.6 is 11.6 Å². The average Bonchev–Trinajstić information content (AvgIpc) is 1.89. The maximum Gasteiger partial charge on any atom is 2.00 e. The van der Waals surface area contributed by atoms with Crippen LogP contribution in [0, 0.1) is 0 Å². The van der Waals surface area contributed by atoms with Gasteiger partial charge < -0.3 is 38.7 Å². The molecule has 0 aliphatic carbocycles. The molecule has 0 heterocycles. The van der Waals surface area contributed by atoms with Crippen molar-refractivity contribution in [2.45, 2.75) is 0 Å². The van der Waals surface area contributed by atoms with Crippen LogP contribution in [0.4, 0.5) is 0 Å². The number of benzene rings is 1. The molecule has 0 aliphatic heterocycles. The van der Waals surface area contributed by atoms with Gasteiger partial charge in [0.15, 0.2) is 0 Å². The number of para-hydroxylation sites is 1. The molecule has 1 aromatic carbocycles. The van der Waals surface area contributed by atoms with Crippen molar-refractivity contribution in [1.29, 1.82) is 0 Å². The van der Waals surface area contributed by atoms with Crippen molar-refractivity contribution in [3.8, 4) is 5.75 Å². The van der Waals surface area contributed by atoms with Crippen molar-refractivity contribution in [1.82, 2.24) is 0 Å². The summed E-state index contributed by atoms with van der Waals surface area (Å²) in [4.78, 5) is 0. The molecule has 1 aromatic rings. The Morgan fingerprint density at radius 1 is 1.17 bits per heavy atom. The Morgan fingerprint density at radius 2 is 1.67 bits per heavy atom. The van der Waals surface area contributed by atoms with Crippen LogP contribution in [-0.2, 0) is 0 Å². The van der Waals surface area contributed by atoms with Crippen molar-refractivity contribution in [2.75, 3.05) is 7.11 Å². The van der Waals surface area contributed by atoms with Crippen molar-refractivity contribution < 1.29 is 38.7 Å². The van der Waals surface area contributed by atoms with E-state index in [1.165, 1.54) is 0 Å². The Hall–Kier alpha value is 1.04. The molecule has 0 saturated carbocycles. The summed E-state index contributed by atoms with van der Waals surface area (Å²) in [6.45, 7) is 0. The third-order valence-electron chi connectivity index (χ3n) is 1.06. The Kier molecular flexibility index (Phi) is 15.8. The molecule has 12 heavy (non-hydrogen) atoms. The zero-order chi connectivity index (χ0) is 6.69. The molecule has 0 N–H and O–H groups in total. The number of halogens is 3. The first-order chi connectivity index (χ1) is 4.34. The van der Waals surface area contributed by atoms with Crippen molar-refractivity contribution >= 4 is 34.7 Å². The van der Waals surface area contributed by atoms with E-state index in [0.29, 0.717) is 5.02 Å². The average molecular weight is 327 g/mol. The molecule has 1 nitrogen and oxygen atoms in total. The minimum Gasteiger partial charge on any atom is -1.00 e. The molecular formula is C7H7Br2ClMgO. The Balaban J connectivity index is -0.000000270. The standard InChI is InChI=1S/C7H7ClO.2BrH.Mg/c1-9-7-5-3-2-4-6(7)8;;;/h2-5H,1H3;2*1H;/q;;;+2/p-2. The van der Waals surface area contributed by atoms with Gasteiger partial charge in [-0.05, 0) is 12.1 Å². The van der Waals surface area contributed by atoms with Gasteiger partial charge in [0.25, 0.3) is 0 Å². The van der Waals surface area contributed by atoms with Gasteiger partial charge in [-0.2, -0.15) is 0 Å². The fourth-order valence-corrected chi connectivity index (χ4v) is 0.823. The smallest absolute Gasteiger partial charge is 1.00 e. The molecule has 5 heteroatoms. The summed E-state index contributed by atoms with van der Waals surface area (Å²) < 4.78 is 4.91. The van der Waals surface area contributed by atoms with Gasteiger partial charge >= 0.3 is 23.1 Å². The van der Waals surface area contributed by atoms with E-state index < -0.39 is 0 Å². The fourth-order valence-electron chi connectivity index (χ4n) is 0.610. The van der Waals surface area contributed by atoms with E-state index >= 15 is 0 Å². The van der Waals surface area contributed by atoms with E-state index in [2.05, 4.69) is 0 Å². The van der Waals surface area contributed by atoms with Gasteiger partial charge in [-0.25, -0.2) is 0 Å². The minimum atomic E-state index is 0. The first kappa shape index (κ1) is 18.7. The zero-order valence-corrected chi connectivity index (χ0v) is 11.9. The van der Waals surface area contributed by atoms with E-state index in [9.17, 15) is 0 Å². The third kappa shape index (κ3) is 5.64. The summed E-state index contributed by atoms with van der Waals surface area (Å²) in [5.74, 6) is 0.721. The molecule has 64 valence electrons. The van der Waals surface area contributed by atoms with Gasteiger partial charge in [-0.15, -0.1) is 0 Å². The molecule has 0 saturated heterocycles. The third-order valence-corrected chi connectivity index (χ3v) is 1.37. The largest absolute Gasteiger partial charge is 2.00 e. The van der Waals surface area contributed by atoms with E-state index in [1.54, 1.807) is 13.2 Å². The summed E-state index contributed by atoms with van der Waals surface area (Å²) in [6.07, 6.45) is 0. The summed E-state index contributed by atoms with van der Waals surface area (Å²) in [5.41, 5.74) is 0. The van der Waals surface area contributed by atoms with Crippen LogP contribution in [0.1, 0.15) is 0 Å². The summed E-state index contributed by atoms with van der Waals surface area (Å²) >= 11 is 5.70. The first-order valence-corrected chi connectivity index (χ1v) is 3.01. The Labute approximate surface area is 115 Å². The van der Waals surface area contributed by atoms with Crippen LogP contribution in [0.25, 0.3) is 0 Å². The van der Waals surface area contributed by atoms with Crippen molar-refractivity contribution in [3.05, 3.63) is 29.3 Å². The van der Waals surface area contributed by atoms with E-state index in [0.717, 1.165) is 5.75 Å². The van der Waals surface area contributed by atoms with E-state index in [4.69, 9.17) is 16.3 Å². The summed E-state index contributed by atoms with van der Waals surface area (Å²) in [5, 5.41) is 0.653. The predicted octanol–water partition coefficient (Wildman–Crippen LogP) is -4.02. The topological polar surface area (TPSA) is 9.23 Å². The first-order valence-electron chi connectivity index (χ1n) is 2.63. The molecule has 0 unspecified atom stereocenters. The molecular weight excluding hydrogens is 320 g/mol. The van der Waals surface area contributed by atoms with Crippen LogP contribution in [0.3, 0.4) is 0 Å². The Bertz CT molecular complexity index is 210. The van der Waals surface area contributed by atoms with Gasteiger partial charge in [-0.3, -0.25) is 0 Å². The molecule has 0 atom stereocenters. The number of ether oxygens (including phenoxy) is 1. The van der Waals surface area contributed by atoms with Gasteiger partial charge in [0.1, 0.15) is 5.75 Å². The molecule has 0 radical (unpaired) electrons. The molecule has 0 aliphatic rings. The SMILES string of the molecule is COc1ccccc1Cl.[Br-].[Br-].[Mg+2]. The molecule has 0 aromatic heterocycles. The molecule has 0 fully saturated rings. The number of rotatable bonds is 1. The van der Waals surface area contributed by atoms with Gasteiger partial charge in [0, 0.05) is 0 Å². The van der Waals surface area contributed by atoms with Crippen LogP contribution < -0.4 is 38.7 Å². The maximum absolute atomic E-state index is 5.70. The zero-order valence-electron chi connectivity index (χ0n) is 6.56. The van der Waals surface area contributed by atoms with Crippen LogP contribution in [0.5, 0.6) is 5.75 Å². The van der Waals surface area contributed by atoms with E-state index in [1.807, 2.05) is 18.2 Å². The number of methoxy groups -OCH3 is 1. The molecule has 1 rings (SSSR count). The molecule has 0 spiro atoms. The van der Waals surface area contributed by atoms with E-state index in [-0.39, 0.29) is 57.0 Å². The fraction of sp³-hybridized carbons (Fsp3) is 0.143. The summed E-state index contributed by atoms with van der Waals surface area (Å²) in [6, 6.07) is 7.36. The van der Waals surface area contributed by atoms with Gasteiger partial charge in [0.05, 0.1) is 12.1 Å². The van der Waals surface area contributed by atoms with Gasteiger partial charge in [0.2, 0.25) is 0 Å². The van der Waals surface area contributed by atoms with Crippen LogP contribution in [-0.4, -0.2) is 30.2 Å². The minimum absolute atomic E-state index is 0. The second kappa shape index (κ2) is 10.1. The van der Waals surface area contributed by atoms with Crippen LogP contribution in [0.2, 0.25) is 5.02 Å².